The number of carbonyl (C=O) groups is 1. The lowest BCUT2D eigenvalue weighted by atomic mass is 10.1. The van der Waals surface area contributed by atoms with Gasteiger partial charge < -0.3 is 9.73 Å². The Balaban J connectivity index is 1.77. The predicted molar refractivity (Wildman–Crippen MR) is 64.6 cm³/mol. The van der Waals surface area contributed by atoms with Crippen molar-refractivity contribution < 1.29 is 9.21 Å². The van der Waals surface area contributed by atoms with Gasteiger partial charge in [0, 0.05) is 11.6 Å². The molecule has 1 aliphatic carbocycles. The summed E-state index contributed by atoms with van der Waals surface area (Å²) in [4.78, 5) is 16.0. The van der Waals surface area contributed by atoms with Crippen molar-refractivity contribution in [1.82, 2.24) is 4.98 Å². The molecule has 0 unspecified atom stereocenters. The van der Waals surface area contributed by atoms with Crippen molar-refractivity contribution in [2.75, 3.05) is 5.32 Å². The highest BCUT2D eigenvalue weighted by atomic mass is 16.3. The van der Waals surface area contributed by atoms with Crippen molar-refractivity contribution in [3.05, 3.63) is 24.6 Å². The highest BCUT2D eigenvalue weighted by Crippen LogP contribution is 2.26. The van der Waals surface area contributed by atoms with E-state index in [0.29, 0.717) is 0 Å². The summed E-state index contributed by atoms with van der Waals surface area (Å²) in [6.07, 6.45) is 5.77. The fraction of sp³-hybridized carbons (Fsp3) is 0.385. The minimum absolute atomic E-state index is 0.130. The summed E-state index contributed by atoms with van der Waals surface area (Å²) in [5.41, 5.74) is 2.31. The monoisotopic (exact) mass is 230 g/mol. The second kappa shape index (κ2) is 4.20. The molecular formula is C13H14N2O2. The van der Waals surface area contributed by atoms with Gasteiger partial charge in [0.2, 0.25) is 5.91 Å². The summed E-state index contributed by atoms with van der Waals surface area (Å²) >= 11 is 0. The predicted octanol–water partition coefficient (Wildman–Crippen LogP) is 2.96. The minimum atomic E-state index is 0.130. The third-order valence-electron chi connectivity index (χ3n) is 3.32. The zero-order chi connectivity index (χ0) is 11.7. The highest BCUT2D eigenvalue weighted by Gasteiger charge is 2.22. The molecular weight excluding hydrogens is 216 g/mol. The van der Waals surface area contributed by atoms with Crippen LogP contribution in [0, 0.1) is 5.92 Å². The van der Waals surface area contributed by atoms with Gasteiger partial charge in [-0.15, -0.1) is 0 Å². The minimum Gasteiger partial charge on any atom is -0.443 e. The van der Waals surface area contributed by atoms with Crippen molar-refractivity contribution in [1.29, 1.82) is 0 Å². The molecule has 1 aliphatic rings. The van der Waals surface area contributed by atoms with Gasteiger partial charge in [-0.3, -0.25) is 4.79 Å². The average molecular weight is 230 g/mol. The van der Waals surface area contributed by atoms with Gasteiger partial charge in [0.15, 0.2) is 12.0 Å². The molecule has 0 spiro atoms. The number of carbonyl (C=O) groups excluding carboxylic acids is 1. The van der Waals surface area contributed by atoms with Gasteiger partial charge in [-0.2, -0.15) is 0 Å². The first-order chi connectivity index (χ1) is 8.33. The van der Waals surface area contributed by atoms with Crippen molar-refractivity contribution >= 4 is 22.7 Å². The number of fused-ring (bicyclic) bond motifs is 1. The number of nitrogens with zero attached hydrogens (tertiary/aromatic N) is 1. The van der Waals surface area contributed by atoms with Crippen LogP contribution in [-0.2, 0) is 4.79 Å². The quantitative estimate of drug-likeness (QED) is 0.862. The number of aromatic nitrogens is 1. The van der Waals surface area contributed by atoms with E-state index < -0.39 is 0 Å². The van der Waals surface area contributed by atoms with Crippen LogP contribution in [0.25, 0.3) is 11.1 Å². The smallest absolute Gasteiger partial charge is 0.227 e. The van der Waals surface area contributed by atoms with Gasteiger partial charge in [0.05, 0.1) is 0 Å². The number of amides is 1. The third-order valence-corrected chi connectivity index (χ3v) is 3.32. The van der Waals surface area contributed by atoms with Crippen LogP contribution in [0.4, 0.5) is 5.69 Å². The molecule has 1 heterocycles. The number of benzene rings is 1. The molecule has 3 rings (SSSR count). The molecule has 1 N–H and O–H groups in total. The Morgan fingerprint density at radius 2 is 2.18 bits per heavy atom. The van der Waals surface area contributed by atoms with E-state index in [1.54, 1.807) is 0 Å². The van der Waals surface area contributed by atoms with E-state index in [1.807, 2.05) is 18.2 Å². The highest BCUT2D eigenvalue weighted by molar-refractivity contribution is 5.94. The molecule has 1 amide bonds. The molecule has 2 aromatic rings. The van der Waals surface area contributed by atoms with Crippen LogP contribution in [0.1, 0.15) is 25.7 Å². The Bertz CT molecular complexity index is 541. The van der Waals surface area contributed by atoms with E-state index in [0.717, 1.165) is 29.6 Å². The second-order valence-corrected chi connectivity index (χ2v) is 4.51. The number of nitrogens with one attached hydrogen (secondary N) is 1. The van der Waals surface area contributed by atoms with Gasteiger partial charge in [0.1, 0.15) is 5.52 Å². The first kappa shape index (κ1) is 10.3. The zero-order valence-electron chi connectivity index (χ0n) is 9.48. The van der Waals surface area contributed by atoms with Crippen LogP contribution in [0.15, 0.2) is 29.0 Å². The Morgan fingerprint density at radius 3 is 3.00 bits per heavy atom. The van der Waals surface area contributed by atoms with E-state index in [1.165, 1.54) is 19.2 Å². The van der Waals surface area contributed by atoms with E-state index in [2.05, 4.69) is 10.3 Å². The second-order valence-electron chi connectivity index (χ2n) is 4.51. The molecule has 0 radical (unpaired) electrons. The Kier molecular flexibility index (Phi) is 2.55. The molecule has 1 fully saturated rings. The Hall–Kier alpha value is -1.84. The summed E-state index contributed by atoms with van der Waals surface area (Å²) in [6.45, 7) is 0. The molecule has 17 heavy (non-hydrogen) atoms. The maximum absolute atomic E-state index is 11.9. The summed E-state index contributed by atoms with van der Waals surface area (Å²) < 4.78 is 5.15. The first-order valence-electron chi connectivity index (χ1n) is 5.97. The van der Waals surface area contributed by atoms with E-state index >= 15 is 0 Å². The van der Waals surface area contributed by atoms with Crippen LogP contribution >= 0.6 is 0 Å². The van der Waals surface area contributed by atoms with Crippen LogP contribution in [0.2, 0.25) is 0 Å². The van der Waals surface area contributed by atoms with Gasteiger partial charge in [-0.1, -0.05) is 12.8 Å². The van der Waals surface area contributed by atoms with Crippen molar-refractivity contribution in [2.45, 2.75) is 25.7 Å². The number of anilines is 1. The van der Waals surface area contributed by atoms with E-state index in [4.69, 9.17) is 4.42 Å². The lowest BCUT2D eigenvalue weighted by Gasteiger charge is -2.09. The molecule has 88 valence electrons. The van der Waals surface area contributed by atoms with Crippen LogP contribution in [-0.4, -0.2) is 10.9 Å². The lowest BCUT2D eigenvalue weighted by molar-refractivity contribution is -0.119. The van der Waals surface area contributed by atoms with Crippen molar-refractivity contribution in [3.63, 3.8) is 0 Å². The molecule has 4 heteroatoms. The largest absolute Gasteiger partial charge is 0.443 e. The molecule has 0 aliphatic heterocycles. The van der Waals surface area contributed by atoms with E-state index in [-0.39, 0.29) is 11.8 Å². The number of hydrogen-bond acceptors (Lipinski definition) is 3. The maximum atomic E-state index is 11.9. The van der Waals surface area contributed by atoms with Crippen LogP contribution < -0.4 is 5.32 Å². The molecule has 1 aromatic carbocycles. The zero-order valence-corrected chi connectivity index (χ0v) is 9.48. The normalized spacial score (nSPS) is 16.5. The maximum Gasteiger partial charge on any atom is 0.227 e. The number of rotatable bonds is 2. The summed E-state index contributed by atoms with van der Waals surface area (Å²) in [5.74, 6) is 0.313. The molecule has 1 aromatic heterocycles. The summed E-state index contributed by atoms with van der Waals surface area (Å²) in [7, 11) is 0. The first-order valence-corrected chi connectivity index (χ1v) is 5.97. The van der Waals surface area contributed by atoms with Crippen molar-refractivity contribution in [2.24, 2.45) is 5.92 Å². The number of oxazole rings is 1. The fourth-order valence-electron chi connectivity index (χ4n) is 2.37. The summed E-state index contributed by atoms with van der Waals surface area (Å²) in [5, 5.41) is 2.95. The van der Waals surface area contributed by atoms with Gasteiger partial charge in [-0.25, -0.2) is 4.98 Å². The van der Waals surface area contributed by atoms with Gasteiger partial charge >= 0.3 is 0 Å². The molecule has 0 saturated heterocycles. The van der Waals surface area contributed by atoms with E-state index in [9.17, 15) is 4.79 Å². The average Bonchev–Trinajstić information content (AvgIpc) is 2.99. The van der Waals surface area contributed by atoms with Crippen LogP contribution in [0.3, 0.4) is 0 Å². The lowest BCUT2D eigenvalue weighted by Crippen LogP contribution is -2.20. The topological polar surface area (TPSA) is 55.1 Å². The molecule has 4 nitrogen and oxygen atoms in total. The SMILES string of the molecule is O=C(Nc1ccc2ocnc2c1)C1CCCC1. The Morgan fingerprint density at radius 1 is 1.35 bits per heavy atom. The molecule has 1 saturated carbocycles. The molecule has 0 atom stereocenters. The Labute approximate surface area is 99.0 Å². The standard InChI is InChI=1S/C13H14N2O2/c16-13(9-3-1-2-4-9)15-10-5-6-12-11(7-10)14-8-17-12/h5-9H,1-4H2,(H,15,16). The van der Waals surface area contributed by atoms with Crippen LogP contribution in [0.5, 0.6) is 0 Å². The molecule has 0 bridgehead atoms. The van der Waals surface area contributed by atoms with Crippen molar-refractivity contribution in [3.8, 4) is 0 Å². The fourth-order valence-corrected chi connectivity index (χ4v) is 2.37. The van der Waals surface area contributed by atoms with Gasteiger partial charge in [-0.05, 0) is 31.0 Å². The van der Waals surface area contributed by atoms with Gasteiger partial charge in [0.25, 0.3) is 0 Å². The summed E-state index contributed by atoms with van der Waals surface area (Å²) in [6, 6.07) is 5.51. The third kappa shape index (κ3) is 2.02. The number of hydrogen-bond donors (Lipinski definition) is 1.